The van der Waals surface area contributed by atoms with E-state index in [-0.39, 0.29) is 0 Å². The third kappa shape index (κ3) is 4.41. The largest absolute Gasteiger partial charge is 0.329 e. The van der Waals surface area contributed by atoms with Gasteiger partial charge in [0, 0.05) is 11.4 Å². The Kier molecular flexibility index (Phi) is 5.09. The van der Waals surface area contributed by atoms with E-state index >= 15 is 0 Å². The van der Waals surface area contributed by atoms with Gasteiger partial charge in [0.15, 0.2) is 0 Å². The van der Waals surface area contributed by atoms with Gasteiger partial charge in [0.25, 0.3) is 0 Å². The van der Waals surface area contributed by atoms with Crippen LogP contribution in [0.5, 0.6) is 0 Å². The first-order valence-corrected chi connectivity index (χ1v) is 7.30. The van der Waals surface area contributed by atoms with Crippen molar-refractivity contribution in [2.45, 2.75) is 46.0 Å². The summed E-state index contributed by atoms with van der Waals surface area (Å²) < 4.78 is 0. The van der Waals surface area contributed by atoms with Gasteiger partial charge in [0.05, 0.1) is 0 Å². The number of nitrogens with zero attached hydrogens (tertiary/aromatic N) is 1. The normalized spacial score (nSPS) is 14.5. The fourth-order valence-corrected chi connectivity index (χ4v) is 2.39. The maximum atomic E-state index is 11.8. The zero-order valence-electron chi connectivity index (χ0n) is 12.5. The van der Waals surface area contributed by atoms with Crippen LogP contribution in [0.2, 0.25) is 0 Å². The molecule has 0 unspecified atom stereocenters. The lowest BCUT2D eigenvalue weighted by Crippen LogP contribution is -2.33. The first-order chi connectivity index (χ1) is 10.1. The second-order valence-corrected chi connectivity index (χ2v) is 5.45. The fourth-order valence-electron chi connectivity index (χ4n) is 2.39. The van der Waals surface area contributed by atoms with E-state index in [1.54, 1.807) is 6.07 Å². The van der Waals surface area contributed by atoms with Gasteiger partial charge in [-0.2, -0.15) is 5.10 Å². The summed E-state index contributed by atoms with van der Waals surface area (Å²) in [5.74, 6) is -1.42. The number of carbonyl (C=O) groups excluding carboxylic acids is 2. The van der Waals surface area contributed by atoms with E-state index < -0.39 is 11.8 Å². The molecule has 0 aliphatic heterocycles. The summed E-state index contributed by atoms with van der Waals surface area (Å²) in [7, 11) is 0. The molecule has 1 aliphatic rings. The molecule has 1 aromatic rings. The fraction of sp³-hybridized carbons (Fsp3) is 0.438. The highest BCUT2D eigenvalue weighted by molar-refractivity contribution is 6.39. The molecule has 0 atom stereocenters. The number of anilines is 1. The number of benzene rings is 1. The molecule has 0 saturated heterocycles. The Morgan fingerprint density at radius 2 is 1.76 bits per heavy atom. The van der Waals surface area contributed by atoms with E-state index in [4.69, 9.17) is 0 Å². The van der Waals surface area contributed by atoms with Gasteiger partial charge >= 0.3 is 11.8 Å². The highest BCUT2D eigenvalue weighted by Crippen LogP contribution is 2.16. The minimum Gasteiger partial charge on any atom is -0.317 e. The van der Waals surface area contributed by atoms with Gasteiger partial charge in [-0.05, 0) is 51.2 Å². The summed E-state index contributed by atoms with van der Waals surface area (Å²) in [5, 5.41) is 6.64. The van der Waals surface area contributed by atoms with E-state index in [0.29, 0.717) is 5.69 Å². The molecule has 112 valence electrons. The van der Waals surface area contributed by atoms with Gasteiger partial charge in [-0.3, -0.25) is 9.59 Å². The van der Waals surface area contributed by atoms with Gasteiger partial charge in [0.2, 0.25) is 0 Å². The van der Waals surface area contributed by atoms with Crippen molar-refractivity contribution in [3.63, 3.8) is 0 Å². The van der Waals surface area contributed by atoms with E-state index in [1.807, 2.05) is 26.0 Å². The van der Waals surface area contributed by atoms with Crippen LogP contribution in [0.4, 0.5) is 5.69 Å². The van der Waals surface area contributed by atoms with Crippen LogP contribution in [0, 0.1) is 13.8 Å². The maximum Gasteiger partial charge on any atom is 0.329 e. The quantitative estimate of drug-likeness (QED) is 0.648. The molecule has 0 spiro atoms. The van der Waals surface area contributed by atoms with Crippen LogP contribution in [0.1, 0.15) is 43.2 Å². The standard InChI is InChI=1S/C16H21N3O2/c1-11-8-9-14(12(2)10-11)17-15(20)16(21)19-18-13-6-4-3-5-7-13/h8-10H,3-7H2,1-2H3,(H,17,20)(H,19,21). The van der Waals surface area contributed by atoms with Crippen LogP contribution < -0.4 is 10.7 Å². The van der Waals surface area contributed by atoms with Crippen molar-refractivity contribution in [2.24, 2.45) is 5.10 Å². The molecule has 5 nitrogen and oxygen atoms in total. The Balaban J connectivity index is 1.91. The molecule has 1 saturated carbocycles. The Hall–Kier alpha value is -2.17. The van der Waals surface area contributed by atoms with Crippen LogP contribution in [-0.4, -0.2) is 17.5 Å². The van der Waals surface area contributed by atoms with Crippen LogP contribution in [-0.2, 0) is 9.59 Å². The van der Waals surface area contributed by atoms with Crippen molar-refractivity contribution in [2.75, 3.05) is 5.32 Å². The lowest BCUT2D eigenvalue weighted by Gasteiger charge is -2.12. The van der Waals surface area contributed by atoms with Crippen molar-refractivity contribution in [3.8, 4) is 0 Å². The third-order valence-corrected chi connectivity index (χ3v) is 3.58. The Labute approximate surface area is 124 Å². The number of hydrogen-bond acceptors (Lipinski definition) is 3. The molecule has 0 radical (unpaired) electrons. The highest BCUT2D eigenvalue weighted by atomic mass is 16.2. The van der Waals surface area contributed by atoms with Crippen LogP contribution in [0.15, 0.2) is 23.3 Å². The van der Waals surface area contributed by atoms with Crippen molar-refractivity contribution in [1.82, 2.24) is 5.43 Å². The van der Waals surface area contributed by atoms with E-state index in [0.717, 1.165) is 42.5 Å². The number of hydrazone groups is 1. The van der Waals surface area contributed by atoms with Crippen molar-refractivity contribution in [3.05, 3.63) is 29.3 Å². The topological polar surface area (TPSA) is 70.6 Å². The number of rotatable bonds is 2. The molecule has 5 heteroatoms. The molecule has 21 heavy (non-hydrogen) atoms. The van der Waals surface area contributed by atoms with Gasteiger partial charge in [-0.25, -0.2) is 5.43 Å². The van der Waals surface area contributed by atoms with Crippen molar-refractivity contribution in [1.29, 1.82) is 0 Å². The zero-order chi connectivity index (χ0) is 15.2. The summed E-state index contributed by atoms with van der Waals surface area (Å²) in [5.41, 5.74) is 5.99. The smallest absolute Gasteiger partial charge is 0.317 e. The molecule has 2 amide bonds. The molecule has 0 bridgehead atoms. The van der Waals surface area contributed by atoms with Crippen LogP contribution in [0.3, 0.4) is 0 Å². The summed E-state index contributed by atoms with van der Waals surface area (Å²) >= 11 is 0. The summed E-state index contributed by atoms with van der Waals surface area (Å²) in [6, 6.07) is 5.64. The maximum absolute atomic E-state index is 11.8. The predicted molar refractivity (Wildman–Crippen MR) is 83.2 cm³/mol. The minimum atomic E-state index is -0.729. The Morgan fingerprint density at radius 1 is 1.05 bits per heavy atom. The summed E-state index contributed by atoms with van der Waals surface area (Å²) in [4.78, 5) is 23.6. The van der Waals surface area contributed by atoms with Crippen LogP contribution >= 0.6 is 0 Å². The minimum absolute atomic E-state index is 0.645. The highest BCUT2D eigenvalue weighted by Gasteiger charge is 2.15. The van der Waals surface area contributed by atoms with Gasteiger partial charge in [0.1, 0.15) is 0 Å². The zero-order valence-corrected chi connectivity index (χ0v) is 12.5. The molecule has 2 N–H and O–H groups in total. The number of amides is 2. The number of carbonyl (C=O) groups is 2. The Bertz CT molecular complexity index is 571. The number of nitrogens with one attached hydrogen (secondary N) is 2. The molecule has 1 fully saturated rings. The first-order valence-electron chi connectivity index (χ1n) is 7.30. The molecular weight excluding hydrogens is 266 g/mol. The van der Waals surface area contributed by atoms with E-state index in [9.17, 15) is 9.59 Å². The van der Waals surface area contributed by atoms with Crippen LogP contribution in [0.25, 0.3) is 0 Å². The predicted octanol–water partition coefficient (Wildman–Crippen LogP) is 2.68. The second kappa shape index (κ2) is 7.02. The second-order valence-electron chi connectivity index (χ2n) is 5.45. The average Bonchev–Trinajstić information content (AvgIpc) is 2.48. The van der Waals surface area contributed by atoms with Gasteiger partial charge < -0.3 is 5.32 Å². The first kappa shape index (κ1) is 15.2. The van der Waals surface area contributed by atoms with Crippen molar-refractivity contribution < 1.29 is 9.59 Å². The van der Waals surface area contributed by atoms with Gasteiger partial charge in [-0.1, -0.05) is 24.1 Å². The van der Waals surface area contributed by atoms with Crippen molar-refractivity contribution >= 4 is 23.2 Å². The molecule has 1 aliphatic carbocycles. The van der Waals surface area contributed by atoms with E-state index in [2.05, 4.69) is 15.8 Å². The number of aryl methyl sites for hydroxylation is 2. The third-order valence-electron chi connectivity index (χ3n) is 3.58. The molecular formula is C16H21N3O2. The molecule has 0 heterocycles. The lowest BCUT2D eigenvalue weighted by atomic mass is 9.99. The summed E-state index contributed by atoms with van der Waals surface area (Å²) in [6.07, 6.45) is 5.21. The summed E-state index contributed by atoms with van der Waals surface area (Å²) in [6.45, 7) is 3.87. The molecule has 1 aromatic carbocycles. The lowest BCUT2D eigenvalue weighted by molar-refractivity contribution is -0.136. The monoisotopic (exact) mass is 287 g/mol. The van der Waals surface area contributed by atoms with Gasteiger partial charge in [-0.15, -0.1) is 0 Å². The Morgan fingerprint density at radius 3 is 2.43 bits per heavy atom. The molecule has 0 aromatic heterocycles. The molecule has 2 rings (SSSR count). The average molecular weight is 287 g/mol. The SMILES string of the molecule is Cc1ccc(NC(=O)C(=O)NN=C2CCCCC2)c(C)c1. The number of hydrogen-bond donors (Lipinski definition) is 2. The van der Waals surface area contributed by atoms with E-state index in [1.165, 1.54) is 6.42 Å².